The second kappa shape index (κ2) is 7.06. The van der Waals surface area contributed by atoms with E-state index in [4.69, 9.17) is 5.26 Å². The van der Waals surface area contributed by atoms with Crippen LogP contribution in [0.1, 0.15) is 45.4 Å². The molecule has 0 saturated carbocycles. The van der Waals surface area contributed by atoms with Crippen LogP contribution in [0.4, 0.5) is 5.13 Å². The highest BCUT2D eigenvalue weighted by atomic mass is 32.1. The minimum atomic E-state index is -0.0977. The summed E-state index contributed by atoms with van der Waals surface area (Å²) in [6.45, 7) is 0.909. The molecule has 4 rings (SSSR count). The standard InChI is InChI=1S/C20H16N4OS/c21-12-14-5-3-6-15(11-14)19(25)18-13-23-20(26-18)24-10-4-8-17(24)16-7-1-2-9-22-16/h1-3,5-7,9,11,13,17H,4,8,10H2/t17-/m0/s1. The fourth-order valence-corrected chi connectivity index (χ4v) is 4.20. The first kappa shape index (κ1) is 16.4. The first-order chi connectivity index (χ1) is 12.8. The lowest BCUT2D eigenvalue weighted by Gasteiger charge is -2.23. The molecule has 5 nitrogen and oxygen atoms in total. The highest BCUT2D eigenvalue weighted by molar-refractivity contribution is 7.17. The third-order valence-corrected chi connectivity index (χ3v) is 5.53. The van der Waals surface area contributed by atoms with Crippen molar-refractivity contribution in [3.63, 3.8) is 0 Å². The average Bonchev–Trinajstić information content (AvgIpc) is 3.37. The number of hydrogen-bond acceptors (Lipinski definition) is 6. The van der Waals surface area contributed by atoms with Gasteiger partial charge in [-0.1, -0.05) is 29.5 Å². The van der Waals surface area contributed by atoms with Gasteiger partial charge in [0.25, 0.3) is 0 Å². The zero-order valence-corrected chi connectivity index (χ0v) is 14.8. The van der Waals surface area contributed by atoms with Crippen molar-refractivity contribution in [3.8, 4) is 6.07 Å². The Bertz CT molecular complexity index is 977. The quantitative estimate of drug-likeness (QED) is 0.658. The molecule has 0 bridgehead atoms. The Labute approximate surface area is 155 Å². The van der Waals surface area contributed by atoms with E-state index < -0.39 is 0 Å². The molecule has 0 radical (unpaired) electrons. The third kappa shape index (κ3) is 3.09. The van der Waals surface area contributed by atoms with E-state index in [0.29, 0.717) is 16.0 Å². The van der Waals surface area contributed by atoms with Gasteiger partial charge in [0.15, 0.2) is 5.13 Å². The molecule has 3 aromatic rings. The SMILES string of the molecule is N#Cc1cccc(C(=O)c2cnc(N3CCC[C@H]3c3ccccn3)s2)c1. The van der Waals surface area contributed by atoms with Gasteiger partial charge in [-0.15, -0.1) is 0 Å². The number of carbonyl (C=O) groups is 1. The Morgan fingerprint density at radius 1 is 1.23 bits per heavy atom. The predicted octanol–water partition coefficient (Wildman–Crippen LogP) is 3.98. The number of anilines is 1. The maximum atomic E-state index is 12.7. The van der Waals surface area contributed by atoms with Crippen molar-refractivity contribution >= 4 is 22.3 Å². The van der Waals surface area contributed by atoms with E-state index in [0.717, 1.165) is 30.2 Å². The van der Waals surface area contributed by atoms with Crippen LogP contribution in [-0.2, 0) is 0 Å². The van der Waals surface area contributed by atoms with E-state index in [9.17, 15) is 4.79 Å². The van der Waals surface area contributed by atoms with Crippen molar-refractivity contribution in [2.75, 3.05) is 11.4 Å². The predicted molar refractivity (Wildman–Crippen MR) is 100 cm³/mol. The summed E-state index contributed by atoms with van der Waals surface area (Å²) in [5.41, 5.74) is 2.03. The molecule has 0 spiro atoms. The van der Waals surface area contributed by atoms with Gasteiger partial charge in [0.05, 0.1) is 34.4 Å². The zero-order valence-electron chi connectivity index (χ0n) is 14.0. The summed E-state index contributed by atoms with van der Waals surface area (Å²) in [7, 11) is 0. The van der Waals surface area contributed by atoms with Gasteiger partial charge in [-0.25, -0.2) is 4.98 Å². The summed E-state index contributed by atoms with van der Waals surface area (Å²) < 4.78 is 0. The van der Waals surface area contributed by atoms with E-state index in [2.05, 4.69) is 20.9 Å². The van der Waals surface area contributed by atoms with E-state index in [1.54, 1.807) is 30.5 Å². The summed E-state index contributed by atoms with van der Waals surface area (Å²) in [6.07, 6.45) is 5.55. The smallest absolute Gasteiger partial charge is 0.204 e. The molecule has 1 fully saturated rings. The molecule has 2 aromatic heterocycles. The van der Waals surface area contributed by atoms with E-state index in [1.165, 1.54) is 11.3 Å². The number of nitrogens with zero attached hydrogens (tertiary/aromatic N) is 4. The third-order valence-electron chi connectivity index (χ3n) is 4.50. The van der Waals surface area contributed by atoms with Crippen LogP contribution in [0.25, 0.3) is 0 Å². The summed E-state index contributed by atoms with van der Waals surface area (Å²) in [4.78, 5) is 24.5. The summed E-state index contributed by atoms with van der Waals surface area (Å²) in [6, 6.07) is 15.0. The number of thiazole rings is 1. The van der Waals surface area contributed by atoms with Gasteiger partial charge in [-0.05, 0) is 37.1 Å². The number of carbonyl (C=O) groups excluding carboxylic acids is 1. The van der Waals surface area contributed by atoms with Crippen LogP contribution in [0.15, 0.2) is 54.9 Å². The molecule has 0 unspecified atom stereocenters. The van der Waals surface area contributed by atoms with Crippen molar-refractivity contribution in [1.82, 2.24) is 9.97 Å². The lowest BCUT2D eigenvalue weighted by Crippen LogP contribution is -2.22. The lowest BCUT2D eigenvalue weighted by molar-refractivity contribution is 0.104. The van der Waals surface area contributed by atoms with Crippen LogP contribution in [-0.4, -0.2) is 22.3 Å². The Balaban J connectivity index is 1.59. The van der Waals surface area contributed by atoms with Crippen molar-refractivity contribution in [1.29, 1.82) is 5.26 Å². The molecule has 1 saturated heterocycles. The van der Waals surface area contributed by atoms with E-state index in [-0.39, 0.29) is 11.8 Å². The van der Waals surface area contributed by atoms with Crippen LogP contribution in [0.5, 0.6) is 0 Å². The number of aromatic nitrogens is 2. The molecule has 3 heterocycles. The molecular weight excluding hydrogens is 344 g/mol. The van der Waals surface area contributed by atoms with E-state index in [1.807, 2.05) is 24.4 Å². The molecule has 1 aromatic carbocycles. The van der Waals surface area contributed by atoms with Crippen molar-refractivity contribution < 1.29 is 4.79 Å². The largest absolute Gasteiger partial charge is 0.339 e. The van der Waals surface area contributed by atoms with Crippen LogP contribution in [0, 0.1) is 11.3 Å². The molecule has 0 N–H and O–H groups in total. The van der Waals surface area contributed by atoms with Gasteiger partial charge in [0.2, 0.25) is 5.78 Å². The number of benzene rings is 1. The maximum Gasteiger partial charge on any atom is 0.204 e. The molecule has 1 aliphatic heterocycles. The molecule has 6 heteroatoms. The summed E-state index contributed by atoms with van der Waals surface area (Å²) in [5, 5.41) is 9.86. The first-order valence-electron chi connectivity index (χ1n) is 8.44. The van der Waals surface area contributed by atoms with Gasteiger partial charge in [0, 0.05) is 18.3 Å². The normalized spacial score (nSPS) is 16.4. The Morgan fingerprint density at radius 3 is 2.96 bits per heavy atom. The first-order valence-corrected chi connectivity index (χ1v) is 9.26. The van der Waals surface area contributed by atoms with E-state index >= 15 is 0 Å². The monoisotopic (exact) mass is 360 g/mol. The zero-order chi connectivity index (χ0) is 17.9. The molecule has 128 valence electrons. The number of nitriles is 1. The van der Waals surface area contributed by atoms with Gasteiger partial charge in [-0.3, -0.25) is 9.78 Å². The molecule has 26 heavy (non-hydrogen) atoms. The van der Waals surface area contributed by atoms with Crippen LogP contribution >= 0.6 is 11.3 Å². The Hall–Kier alpha value is -3.04. The van der Waals surface area contributed by atoms with Crippen LogP contribution < -0.4 is 4.90 Å². The van der Waals surface area contributed by atoms with Crippen molar-refractivity contribution in [3.05, 3.63) is 76.6 Å². The van der Waals surface area contributed by atoms with Gasteiger partial charge < -0.3 is 4.90 Å². The Morgan fingerprint density at radius 2 is 2.15 bits per heavy atom. The lowest BCUT2D eigenvalue weighted by atomic mass is 10.1. The minimum Gasteiger partial charge on any atom is -0.339 e. The van der Waals surface area contributed by atoms with Crippen LogP contribution in [0.3, 0.4) is 0 Å². The fourth-order valence-electron chi connectivity index (χ4n) is 3.25. The number of ketones is 1. The minimum absolute atomic E-state index is 0.0977. The van der Waals surface area contributed by atoms with Crippen LogP contribution in [0.2, 0.25) is 0 Å². The van der Waals surface area contributed by atoms with Gasteiger partial charge in [-0.2, -0.15) is 5.26 Å². The van der Waals surface area contributed by atoms with Crippen molar-refractivity contribution in [2.24, 2.45) is 0 Å². The summed E-state index contributed by atoms with van der Waals surface area (Å²) in [5.74, 6) is -0.0977. The van der Waals surface area contributed by atoms with Crippen molar-refractivity contribution in [2.45, 2.75) is 18.9 Å². The molecule has 1 atom stereocenters. The topological polar surface area (TPSA) is 69.9 Å². The van der Waals surface area contributed by atoms with Gasteiger partial charge >= 0.3 is 0 Å². The summed E-state index contributed by atoms with van der Waals surface area (Å²) >= 11 is 1.40. The number of hydrogen-bond donors (Lipinski definition) is 0. The number of rotatable bonds is 4. The molecule has 1 aliphatic rings. The van der Waals surface area contributed by atoms with Gasteiger partial charge in [0.1, 0.15) is 0 Å². The fraction of sp³-hybridized carbons (Fsp3) is 0.200. The Kier molecular flexibility index (Phi) is 4.46. The molecule has 0 aliphatic carbocycles. The second-order valence-corrected chi connectivity index (χ2v) is 7.14. The molecular formula is C20H16N4OS. The highest BCUT2D eigenvalue weighted by Crippen LogP contribution is 2.37. The average molecular weight is 360 g/mol. The highest BCUT2D eigenvalue weighted by Gasteiger charge is 2.29. The second-order valence-electron chi connectivity index (χ2n) is 6.13. The molecule has 0 amide bonds. The maximum absolute atomic E-state index is 12.7. The number of pyridine rings is 1.